The number of anilines is 1. The summed E-state index contributed by atoms with van der Waals surface area (Å²) in [5.74, 6) is 6.08. The number of methoxy groups -OCH3 is 1. The summed E-state index contributed by atoms with van der Waals surface area (Å²) in [4.78, 5) is 12.8. The lowest BCUT2D eigenvalue weighted by Crippen LogP contribution is -2.11. The van der Waals surface area contributed by atoms with E-state index in [1.54, 1.807) is 36.8 Å². The first-order valence-corrected chi connectivity index (χ1v) is 7.32. The summed E-state index contributed by atoms with van der Waals surface area (Å²) >= 11 is 7.27. The second-order valence-electron chi connectivity index (χ2n) is 4.00. The second kappa shape index (κ2) is 7.14. The number of nitrogens with two attached hydrogens (primary N) is 1. The summed E-state index contributed by atoms with van der Waals surface area (Å²) in [5, 5.41) is 5.09. The zero-order valence-corrected chi connectivity index (χ0v) is 12.8. The Kier molecular flexibility index (Phi) is 5.23. The molecule has 0 aliphatic heterocycles. The van der Waals surface area contributed by atoms with Crippen molar-refractivity contribution >= 4 is 34.5 Å². The molecule has 0 atom stereocenters. The molecule has 2 aromatic rings. The third kappa shape index (κ3) is 3.99. The van der Waals surface area contributed by atoms with E-state index in [9.17, 15) is 4.79 Å². The zero-order chi connectivity index (χ0) is 15.2. The molecule has 1 aromatic carbocycles. The third-order valence-corrected chi connectivity index (χ3v) is 3.73. The minimum Gasteiger partial charge on any atom is -0.496 e. The van der Waals surface area contributed by atoms with E-state index in [1.807, 2.05) is 0 Å². The van der Waals surface area contributed by atoms with Crippen LogP contribution >= 0.6 is 22.9 Å². The molecular formula is C15H13ClN2O2S. The molecule has 0 spiro atoms. The van der Waals surface area contributed by atoms with Gasteiger partial charge in [0.05, 0.1) is 24.2 Å². The van der Waals surface area contributed by atoms with Gasteiger partial charge in [-0.3, -0.25) is 4.79 Å². The van der Waals surface area contributed by atoms with Crippen LogP contribution in [0, 0.1) is 11.8 Å². The Hall–Kier alpha value is -2.00. The van der Waals surface area contributed by atoms with Crippen LogP contribution in [-0.2, 0) is 0 Å². The van der Waals surface area contributed by atoms with E-state index < -0.39 is 0 Å². The Morgan fingerprint density at radius 1 is 1.48 bits per heavy atom. The molecule has 108 valence electrons. The van der Waals surface area contributed by atoms with Crippen LogP contribution in [0.25, 0.3) is 0 Å². The topological polar surface area (TPSA) is 64.3 Å². The number of thiophene rings is 1. The fraction of sp³-hybridized carbons (Fsp3) is 0.133. The lowest BCUT2D eigenvalue weighted by molar-refractivity contribution is 0.103. The summed E-state index contributed by atoms with van der Waals surface area (Å²) in [7, 11) is 1.56. The van der Waals surface area contributed by atoms with Crippen LogP contribution in [0.2, 0.25) is 5.02 Å². The van der Waals surface area contributed by atoms with Crippen molar-refractivity contribution in [1.29, 1.82) is 0 Å². The molecule has 6 heteroatoms. The maximum atomic E-state index is 12.2. The average Bonchev–Trinajstić information content (AvgIpc) is 2.95. The highest BCUT2D eigenvalue weighted by atomic mass is 35.5. The molecular weight excluding hydrogens is 308 g/mol. The van der Waals surface area contributed by atoms with Gasteiger partial charge in [-0.25, -0.2) is 0 Å². The molecule has 2 rings (SSSR count). The number of hydrogen-bond acceptors (Lipinski definition) is 4. The summed E-state index contributed by atoms with van der Waals surface area (Å²) < 4.78 is 5.06. The van der Waals surface area contributed by atoms with Crippen LogP contribution in [-0.4, -0.2) is 19.6 Å². The van der Waals surface area contributed by atoms with Crippen LogP contribution in [0.1, 0.15) is 15.2 Å². The van der Waals surface area contributed by atoms with E-state index in [-0.39, 0.29) is 12.5 Å². The molecule has 0 saturated carbocycles. The largest absolute Gasteiger partial charge is 0.496 e. The van der Waals surface area contributed by atoms with E-state index in [4.69, 9.17) is 22.1 Å². The SMILES string of the molecule is COc1csc(C(=O)Nc2cc(Cl)ccc2C#CCN)c1. The standard InChI is InChI=1S/C15H13ClN2O2S/c1-20-12-8-14(21-9-12)15(19)18-13-7-11(16)5-4-10(13)3-2-6-17/h4-5,7-9H,6,17H2,1H3,(H,18,19). The lowest BCUT2D eigenvalue weighted by atomic mass is 10.1. The van der Waals surface area contributed by atoms with Gasteiger partial charge in [-0.2, -0.15) is 0 Å². The van der Waals surface area contributed by atoms with Gasteiger partial charge in [0, 0.05) is 22.0 Å². The fourth-order valence-electron chi connectivity index (χ4n) is 1.60. The van der Waals surface area contributed by atoms with Crippen molar-refractivity contribution in [3.05, 3.63) is 45.1 Å². The van der Waals surface area contributed by atoms with Crippen molar-refractivity contribution in [2.75, 3.05) is 19.0 Å². The Labute approximate surface area is 131 Å². The minimum absolute atomic E-state index is 0.235. The van der Waals surface area contributed by atoms with E-state index in [0.29, 0.717) is 26.9 Å². The number of halogens is 1. The minimum atomic E-state index is -0.235. The van der Waals surface area contributed by atoms with Gasteiger partial charge in [-0.15, -0.1) is 11.3 Å². The quantitative estimate of drug-likeness (QED) is 0.855. The van der Waals surface area contributed by atoms with E-state index in [2.05, 4.69) is 17.2 Å². The number of carbonyl (C=O) groups is 1. The Morgan fingerprint density at radius 3 is 2.95 bits per heavy atom. The first-order chi connectivity index (χ1) is 10.1. The van der Waals surface area contributed by atoms with Crippen molar-refractivity contribution < 1.29 is 9.53 Å². The molecule has 3 N–H and O–H groups in total. The molecule has 0 radical (unpaired) electrons. The zero-order valence-electron chi connectivity index (χ0n) is 11.3. The summed E-state index contributed by atoms with van der Waals surface area (Å²) in [6.07, 6.45) is 0. The van der Waals surface area contributed by atoms with Gasteiger partial charge in [-0.05, 0) is 18.2 Å². The van der Waals surface area contributed by atoms with Crippen molar-refractivity contribution in [2.24, 2.45) is 5.73 Å². The van der Waals surface area contributed by atoms with Crippen molar-refractivity contribution in [1.82, 2.24) is 0 Å². The number of benzene rings is 1. The third-order valence-electron chi connectivity index (χ3n) is 2.59. The number of rotatable bonds is 3. The molecule has 0 unspecified atom stereocenters. The highest BCUT2D eigenvalue weighted by Crippen LogP contribution is 2.24. The second-order valence-corrected chi connectivity index (χ2v) is 5.35. The monoisotopic (exact) mass is 320 g/mol. The molecule has 1 amide bonds. The number of hydrogen-bond donors (Lipinski definition) is 2. The molecule has 0 bridgehead atoms. The Balaban J connectivity index is 2.25. The predicted molar refractivity (Wildman–Crippen MR) is 86.2 cm³/mol. The fourth-order valence-corrected chi connectivity index (χ4v) is 2.53. The van der Waals surface area contributed by atoms with Gasteiger partial charge in [0.1, 0.15) is 5.75 Å². The Morgan fingerprint density at radius 2 is 2.29 bits per heavy atom. The maximum absolute atomic E-state index is 12.2. The summed E-state index contributed by atoms with van der Waals surface area (Å²) in [6, 6.07) is 6.79. The highest BCUT2D eigenvalue weighted by molar-refractivity contribution is 7.12. The van der Waals surface area contributed by atoms with Crippen molar-refractivity contribution in [2.45, 2.75) is 0 Å². The van der Waals surface area contributed by atoms with Crippen molar-refractivity contribution in [3.63, 3.8) is 0 Å². The number of amides is 1. The molecule has 1 aromatic heterocycles. The van der Waals surface area contributed by atoms with Crippen LogP contribution in [0.15, 0.2) is 29.6 Å². The molecule has 4 nitrogen and oxygen atoms in total. The molecule has 0 aliphatic rings. The predicted octanol–water partition coefficient (Wildman–Crippen LogP) is 2.97. The highest BCUT2D eigenvalue weighted by Gasteiger charge is 2.12. The molecule has 0 saturated heterocycles. The normalized spacial score (nSPS) is 9.67. The van der Waals surface area contributed by atoms with Gasteiger partial charge in [0.2, 0.25) is 0 Å². The van der Waals surface area contributed by atoms with Crippen LogP contribution in [0.4, 0.5) is 5.69 Å². The van der Waals surface area contributed by atoms with E-state index in [0.717, 1.165) is 0 Å². The van der Waals surface area contributed by atoms with Gasteiger partial charge in [-0.1, -0.05) is 23.4 Å². The van der Waals surface area contributed by atoms with Crippen LogP contribution in [0.5, 0.6) is 5.75 Å². The number of nitrogens with one attached hydrogen (secondary N) is 1. The van der Waals surface area contributed by atoms with Gasteiger partial charge in [0.15, 0.2) is 0 Å². The first-order valence-electron chi connectivity index (χ1n) is 6.06. The van der Waals surface area contributed by atoms with Gasteiger partial charge >= 0.3 is 0 Å². The van der Waals surface area contributed by atoms with Gasteiger partial charge in [0.25, 0.3) is 5.91 Å². The Bertz CT molecular complexity index is 716. The summed E-state index contributed by atoms with van der Waals surface area (Å²) in [6.45, 7) is 0.248. The molecule has 21 heavy (non-hydrogen) atoms. The first kappa shape index (κ1) is 15.4. The van der Waals surface area contributed by atoms with Crippen molar-refractivity contribution in [3.8, 4) is 17.6 Å². The molecule has 0 fully saturated rings. The molecule has 0 aliphatic carbocycles. The van der Waals surface area contributed by atoms with Gasteiger partial charge < -0.3 is 15.8 Å². The summed E-state index contributed by atoms with van der Waals surface area (Å²) in [5.41, 5.74) is 6.59. The van der Waals surface area contributed by atoms with E-state index >= 15 is 0 Å². The van der Waals surface area contributed by atoms with Crippen LogP contribution in [0.3, 0.4) is 0 Å². The lowest BCUT2D eigenvalue weighted by Gasteiger charge is -2.07. The smallest absolute Gasteiger partial charge is 0.265 e. The number of carbonyl (C=O) groups excluding carboxylic acids is 1. The van der Waals surface area contributed by atoms with E-state index in [1.165, 1.54) is 11.3 Å². The maximum Gasteiger partial charge on any atom is 0.265 e. The average molecular weight is 321 g/mol. The van der Waals surface area contributed by atoms with Crippen LogP contribution < -0.4 is 15.8 Å². The number of ether oxygens (including phenoxy) is 1. The molecule has 1 heterocycles.